The Balaban J connectivity index is 2.03. The number of carbonyl (C=O) groups excluding carboxylic acids is 2. The first-order valence-corrected chi connectivity index (χ1v) is 6.88. The number of amides is 3. The van der Waals surface area contributed by atoms with E-state index in [1.807, 2.05) is 0 Å². The average Bonchev–Trinajstić information content (AvgIpc) is 2.49. The Hall–Kier alpha value is -2.41. The Morgan fingerprint density at radius 2 is 1.67 bits per heavy atom. The third-order valence-electron chi connectivity index (χ3n) is 2.59. The smallest absolute Gasteiger partial charge is 0.318 e. The highest BCUT2D eigenvalue weighted by Gasteiger charge is 2.07. The number of aromatic nitrogens is 1. The molecule has 1 heterocycles. The Morgan fingerprint density at radius 3 is 2.24 bits per heavy atom. The normalized spacial score (nSPS) is 9.81. The van der Waals surface area contributed by atoms with Crippen LogP contribution in [0.2, 0.25) is 0 Å². The van der Waals surface area contributed by atoms with Gasteiger partial charge in [-0.3, -0.25) is 9.78 Å². The van der Waals surface area contributed by atoms with Crippen molar-refractivity contribution in [2.75, 3.05) is 17.7 Å². The number of urea groups is 1. The highest BCUT2D eigenvalue weighted by Crippen LogP contribution is 2.15. The SMILES string of the molecule is CNC(=O)Nc1ccc(NC(=O)c2cncc(Br)c2)cc1. The Morgan fingerprint density at radius 1 is 1.05 bits per heavy atom. The van der Waals surface area contributed by atoms with Crippen LogP contribution in [-0.4, -0.2) is 24.0 Å². The standard InChI is InChI=1S/C14H13BrN4O2/c1-16-14(21)19-12-4-2-11(3-5-12)18-13(20)9-6-10(15)8-17-7-9/h2-8H,1H3,(H,18,20)(H2,16,19,21). The van der Waals surface area contributed by atoms with E-state index in [2.05, 4.69) is 36.9 Å². The Kier molecular flexibility index (Phi) is 4.89. The van der Waals surface area contributed by atoms with Gasteiger partial charge < -0.3 is 16.0 Å². The molecule has 3 amide bonds. The molecule has 0 aliphatic carbocycles. The van der Waals surface area contributed by atoms with Gasteiger partial charge in [-0.25, -0.2) is 4.79 Å². The summed E-state index contributed by atoms with van der Waals surface area (Å²) in [5, 5.41) is 7.84. The third kappa shape index (κ3) is 4.28. The van der Waals surface area contributed by atoms with Crippen LogP contribution in [0, 0.1) is 0 Å². The average molecular weight is 349 g/mol. The summed E-state index contributed by atoms with van der Waals surface area (Å²) in [6, 6.07) is 8.19. The number of rotatable bonds is 3. The van der Waals surface area contributed by atoms with E-state index in [1.54, 1.807) is 36.5 Å². The number of hydrogen-bond donors (Lipinski definition) is 3. The lowest BCUT2D eigenvalue weighted by molar-refractivity contribution is 0.102. The number of nitrogens with one attached hydrogen (secondary N) is 3. The van der Waals surface area contributed by atoms with Crippen LogP contribution in [0.25, 0.3) is 0 Å². The summed E-state index contributed by atoms with van der Waals surface area (Å²) in [4.78, 5) is 27.1. The molecule has 0 saturated carbocycles. The fourth-order valence-electron chi connectivity index (χ4n) is 1.57. The zero-order valence-electron chi connectivity index (χ0n) is 11.2. The monoisotopic (exact) mass is 348 g/mol. The van der Waals surface area contributed by atoms with E-state index < -0.39 is 0 Å². The van der Waals surface area contributed by atoms with Gasteiger partial charge in [-0.2, -0.15) is 0 Å². The van der Waals surface area contributed by atoms with E-state index in [4.69, 9.17) is 0 Å². The molecule has 6 nitrogen and oxygen atoms in total. The van der Waals surface area contributed by atoms with Crippen molar-refractivity contribution >= 4 is 39.2 Å². The summed E-state index contributed by atoms with van der Waals surface area (Å²) in [5.74, 6) is -0.254. The van der Waals surface area contributed by atoms with Gasteiger partial charge in [0.1, 0.15) is 0 Å². The van der Waals surface area contributed by atoms with E-state index >= 15 is 0 Å². The highest BCUT2D eigenvalue weighted by atomic mass is 79.9. The molecular weight excluding hydrogens is 336 g/mol. The molecule has 2 aromatic rings. The fourth-order valence-corrected chi connectivity index (χ4v) is 1.93. The second-order valence-corrected chi connectivity index (χ2v) is 5.04. The molecule has 0 aliphatic heterocycles. The lowest BCUT2D eigenvalue weighted by atomic mass is 10.2. The zero-order valence-corrected chi connectivity index (χ0v) is 12.8. The summed E-state index contributed by atoms with van der Waals surface area (Å²) in [6.45, 7) is 0. The van der Waals surface area contributed by atoms with Gasteiger partial charge >= 0.3 is 6.03 Å². The van der Waals surface area contributed by atoms with Crippen molar-refractivity contribution in [1.82, 2.24) is 10.3 Å². The minimum absolute atomic E-state index is 0.254. The molecule has 0 unspecified atom stereocenters. The summed E-state index contributed by atoms with van der Waals surface area (Å²) < 4.78 is 0.736. The fraction of sp³-hybridized carbons (Fsp3) is 0.0714. The van der Waals surface area contributed by atoms with Crippen molar-refractivity contribution in [1.29, 1.82) is 0 Å². The minimum Gasteiger partial charge on any atom is -0.341 e. The highest BCUT2D eigenvalue weighted by molar-refractivity contribution is 9.10. The molecular formula is C14H13BrN4O2. The molecule has 0 bridgehead atoms. The quantitative estimate of drug-likeness (QED) is 0.797. The predicted molar refractivity (Wildman–Crippen MR) is 84.4 cm³/mol. The first kappa shape index (κ1) is 15.0. The first-order chi connectivity index (χ1) is 10.1. The molecule has 0 spiro atoms. The molecule has 1 aromatic heterocycles. The number of anilines is 2. The number of hydrogen-bond acceptors (Lipinski definition) is 3. The Bertz CT molecular complexity index is 658. The zero-order chi connectivity index (χ0) is 15.2. The first-order valence-electron chi connectivity index (χ1n) is 6.09. The van der Waals surface area contributed by atoms with Gasteiger partial charge in [0.2, 0.25) is 0 Å². The van der Waals surface area contributed by atoms with Crippen LogP contribution in [0.1, 0.15) is 10.4 Å². The summed E-state index contributed by atoms with van der Waals surface area (Å²) in [7, 11) is 1.54. The molecule has 0 saturated heterocycles. The van der Waals surface area contributed by atoms with E-state index in [9.17, 15) is 9.59 Å². The van der Waals surface area contributed by atoms with Gasteiger partial charge in [-0.15, -0.1) is 0 Å². The molecule has 3 N–H and O–H groups in total. The summed E-state index contributed by atoms with van der Waals surface area (Å²) in [5.41, 5.74) is 1.72. The van der Waals surface area contributed by atoms with Crippen LogP contribution in [0.5, 0.6) is 0 Å². The van der Waals surface area contributed by atoms with Crippen LogP contribution < -0.4 is 16.0 Å². The largest absolute Gasteiger partial charge is 0.341 e. The second kappa shape index (κ2) is 6.85. The maximum atomic E-state index is 12.0. The maximum Gasteiger partial charge on any atom is 0.318 e. The molecule has 0 radical (unpaired) electrons. The van der Waals surface area contributed by atoms with Gasteiger partial charge in [-0.1, -0.05) is 0 Å². The molecule has 0 aliphatic rings. The number of benzene rings is 1. The minimum atomic E-state index is -0.299. The van der Waals surface area contributed by atoms with Gasteiger partial charge in [0.15, 0.2) is 0 Å². The molecule has 108 valence electrons. The molecule has 1 aromatic carbocycles. The number of nitrogens with zero attached hydrogens (tertiary/aromatic N) is 1. The summed E-state index contributed by atoms with van der Waals surface area (Å²) in [6.07, 6.45) is 3.09. The van der Waals surface area contributed by atoms with E-state index in [0.29, 0.717) is 16.9 Å². The van der Waals surface area contributed by atoms with Crippen LogP contribution >= 0.6 is 15.9 Å². The van der Waals surface area contributed by atoms with E-state index in [-0.39, 0.29) is 11.9 Å². The Labute approximate surface area is 130 Å². The van der Waals surface area contributed by atoms with Crippen LogP contribution in [0.15, 0.2) is 47.2 Å². The molecule has 2 rings (SSSR count). The predicted octanol–water partition coefficient (Wildman–Crippen LogP) is 2.85. The van der Waals surface area contributed by atoms with Crippen molar-refractivity contribution in [2.24, 2.45) is 0 Å². The van der Waals surface area contributed by atoms with Crippen molar-refractivity contribution in [3.63, 3.8) is 0 Å². The maximum absolute atomic E-state index is 12.0. The van der Waals surface area contributed by atoms with Gasteiger partial charge in [0.25, 0.3) is 5.91 Å². The summed E-state index contributed by atoms with van der Waals surface area (Å²) >= 11 is 3.27. The van der Waals surface area contributed by atoms with Crippen molar-refractivity contribution in [3.8, 4) is 0 Å². The number of halogens is 1. The third-order valence-corrected chi connectivity index (χ3v) is 3.03. The lowest BCUT2D eigenvalue weighted by Gasteiger charge is -2.07. The number of pyridine rings is 1. The van der Waals surface area contributed by atoms with Crippen molar-refractivity contribution in [2.45, 2.75) is 0 Å². The number of carbonyl (C=O) groups is 2. The topological polar surface area (TPSA) is 83.1 Å². The van der Waals surface area contributed by atoms with Gasteiger partial charge in [0.05, 0.1) is 5.56 Å². The van der Waals surface area contributed by atoms with Crippen molar-refractivity contribution < 1.29 is 9.59 Å². The van der Waals surface area contributed by atoms with Crippen LogP contribution in [0.3, 0.4) is 0 Å². The van der Waals surface area contributed by atoms with Gasteiger partial charge in [0, 0.05) is 35.3 Å². The van der Waals surface area contributed by atoms with E-state index in [0.717, 1.165) is 4.47 Å². The molecule has 7 heteroatoms. The molecule has 0 fully saturated rings. The van der Waals surface area contributed by atoms with E-state index in [1.165, 1.54) is 13.2 Å². The van der Waals surface area contributed by atoms with Crippen LogP contribution in [-0.2, 0) is 0 Å². The van der Waals surface area contributed by atoms with Crippen LogP contribution in [0.4, 0.5) is 16.2 Å². The molecule has 0 atom stereocenters. The second-order valence-electron chi connectivity index (χ2n) is 4.13. The van der Waals surface area contributed by atoms with Gasteiger partial charge in [-0.05, 0) is 46.3 Å². The molecule has 21 heavy (non-hydrogen) atoms. The van der Waals surface area contributed by atoms with Crippen molar-refractivity contribution in [3.05, 3.63) is 52.8 Å². The lowest BCUT2D eigenvalue weighted by Crippen LogP contribution is -2.24.